The highest BCUT2D eigenvalue weighted by Crippen LogP contribution is 2.38. The van der Waals surface area contributed by atoms with Crippen molar-refractivity contribution in [2.24, 2.45) is 0 Å². The molecule has 1 aliphatic rings. The molecular weight excluding hydrogens is 467 g/mol. The van der Waals surface area contributed by atoms with Crippen molar-refractivity contribution in [2.45, 2.75) is 25.1 Å². The standard InChI is InChI=1S/C22H16ClF5N4O/c23-17-7-14(13-4-1-10(24)5-19(13)29)18(25)8-15(17)21(33)32-12-6-16(22(26,27)28)20(30-9-12)31-11-2-3-11/h1,4-9,11H,2-3,29H2,(H,30,31)(H,32,33). The molecule has 4 N–H and O–H groups in total. The summed E-state index contributed by atoms with van der Waals surface area (Å²) in [5, 5.41) is 4.78. The lowest BCUT2D eigenvalue weighted by atomic mass is 10.0. The van der Waals surface area contributed by atoms with E-state index < -0.39 is 29.3 Å². The van der Waals surface area contributed by atoms with Crippen LogP contribution in [0, 0.1) is 11.6 Å². The van der Waals surface area contributed by atoms with Crippen molar-refractivity contribution in [2.75, 3.05) is 16.4 Å². The highest BCUT2D eigenvalue weighted by Gasteiger charge is 2.36. The van der Waals surface area contributed by atoms with Crippen LogP contribution in [-0.4, -0.2) is 16.9 Å². The number of benzene rings is 2. The molecule has 11 heteroatoms. The molecule has 0 aliphatic heterocycles. The molecule has 172 valence electrons. The van der Waals surface area contributed by atoms with Crippen molar-refractivity contribution in [1.29, 1.82) is 0 Å². The zero-order valence-corrected chi connectivity index (χ0v) is 17.5. The lowest BCUT2D eigenvalue weighted by Gasteiger charge is -2.15. The van der Waals surface area contributed by atoms with E-state index >= 15 is 0 Å². The summed E-state index contributed by atoms with van der Waals surface area (Å²) in [5.74, 6) is -2.74. The maximum atomic E-state index is 14.7. The Morgan fingerprint density at radius 3 is 2.45 bits per heavy atom. The second kappa shape index (κ2) is 8.51. The average Bonchev–Trinajstić information content (AvgIpc) is 3.54. The van der Waals surface area contributed by atoms with Gasteiger partial charge in [-0.3, -0.25) is 4.79 Å². The van der Waals surface area contributed by atoms with Crippen LogP contribution in [0.2, 0.25) is 5.02 Å². The van der Waals surface area contributed by atoms with E-state index in [4.69, 9.17) is 17.3 Å². The van der Waals surface area contributed by atoms with Gasteiger partial charge in [-0.2, -0.15) is 13.2 Å². The quantitative estimate of drug-likeness (QED) is 0.303. The van der Waals surface area contributed by atoms with E-state index in [0.717, 1.165) is 49.4 Å². The van der Waals surface area contributed by atoms with Crippen LogP contribution in [0.1, 0.15) is 28.8 Å². The van der Waals surface area contributed by atoms with E-state index in [1.165, 1.54) is 6.07 Å². The molecule has 33 heavy (non-hydrogen) atoms. The first-order chi connectivity index (χ1) is 15.5. The molecule has 0 saturated heterocycles. The number of rotatable bonds is 5. The second-order valence-corrected chi connectivity index (χ2v) is 7.94. The van der Waals surface area contributed by atoms with Gasteiger partial charge in [-0.15, -0.1) is 0 Å². The Bertz CT molecular complexity index is 1240. The maximum Gasteiger partial charge on any atom is 0.420 e. The molecule has 5 nitrogen and oxygen atoms in total. The lowest BCUT2D eigenvalue weighted by molar-refractivity contribution is -0.137. The number of hydrogen-bond donors (Lipinski definition) is 3. The van der Waals surface area contributed by atoms with Crippen molar-refractivity contribution in [3.63, 3.8) is 0 Å². The molecule has 4 rings (SSSR count). The average molecular weight is 483 g/mol. The van der Waals surface area contributed by atoms with E-state index in [1.807, 2.05) is 0 Å². The van der Waals surface area contributed by atoms with Crippen molar-refractivity contribution in [1.82, 2.24) is 4.98 Å². The number of carbonyl (C=O) groups excluding carboxylic acids is 1. The summed E-state index contributed by atoms with van der Waals surface area (Å²) in [6.07, 6.45) is -2.14. The van der Waals surface area contributed by atoms with E-state index in [-0.39, 0.29) is 44.9 Å². The normalized spacial score (nSPS) is 13.6. The van der Waals surface area contributed by atoms with Gasteiger partial charge in [0.1, 0.15) is 17.5 Å². The highest BCUT2D eigenvalue weighted by molar-refractivity contribution is 6.34. The SMILES string of the molecule is Nc1cc(F)ccc1-c1cc(Cl)c(C(=O)Nc2cnc(NC3CC3)c(C(F)(F)F)c2)cc1F. The minimum Gasteiger partial charge on any atom is -0.398 e. The number of aromatic nitrogens is 1. The maximum absolute atomic E-state index is 14.7. The first-order valence-corrected chi connectivity index (χ1v) is 10.1. The van der Waals surface area contributed by atoms with Crippen molar-refractivity contribution >= 4 is 34.7 Å². The summed E-state index contributed by atoms with van der Waals surface area (Å²) in [7, 11) is 0. The van der Waals surface area contributed by atoms with Crippen LogP contribution in [0.5, 0.6) is 0 Å². The van der Waals surface area contributed by atoms with Crippen LogP contribution >= 0.6 is 11.6 Å². The fourth-order valence-electron chi connectivity index (χ4n) is 3.19. The van der Waals surface area contributed by atoms with Crippen LogP contribution in [0.4, 0.5) is 39.1 Å². The molecule has 3 aromatic rings. The van der Waals surface area contributed by atoms with E-state index in [9.17, 15) is 26.7 Å². The summed E-state index contributed by atoms with van der Waals surface area (Å²) < 4.78 is 68.3. The molecule has 0 bridgehead atoms. The summed E-state index contributed by atoms with van der Waals surface area (Å²) in [6, 6.07) is 6.01. The summed E-state index contributed by atoms with van der Waals surface area (Å²) >= 11 is 6.14. The van der Waals surface area contributed by atoms with Crippen LogP contribution in [0.3, 0.4) is 0 Å². The highest BCUT2D eigenvalue weighted by atomic mass is 35.5. The zero-order chi connectivity index (χ0) is 23.9. The molecule has 0 atom stereocenters. The third kappa shape index (κ3) is 5.00. The Morgan fingerprint density at radius 2 is 1.82 bits per heavy atom. The number of pyridine rings is 1. The zero-order valence-electron chi connectivity index (χ0n) is 16.7. The minimum absolute atomic E-state index is 0.0344. The first kappa shape index (κ1) is 22.8. The molecule has 2 aromatic carbocycles. The van der Waals surface area contributed by atoms with E-state index in [2.05, 4.69) is 15.6 Å². The van der Waals surface area contributed by atoms with Gasteiger partial charge < -0.3 is 16.4 Å². The number of nitrogens with one attached hydrogen (secondary N) is 2. The molecule has 1 fully saturated rings. The molecule has 1 amide bonds. The Labute approximate surface area is 189 Å². The van der Waals surface area contributed by atoms with Gasteiger partial charge in [0.15, 0.2) is 0 Å². The topological polar surface area (TPSA) is 80.0 Å². The Hall–Kier alpha value is -3.40. The Balaban J connectivity index is 1.61. The molecule has 1 saturated carbocycles. The largest absolute Gasteiger partial charge is 0.420 e. The number of hydrogen-bond acceptors (Lipinski definition) is 4. The van der Waals surface area contributed by atoms with Gasteiger partial charge in [0.05, 0.1) is 28.0 Å². The third-order valence-electron chi connectivity index (χ3n) is 4.97. The molecule has 0 spiro atoms. The van der Waals surface area contributed by atoms with Crippen LogP contribution in [0.25, 0.3) is 11.1 Å². The number of amides is 1. The molecular formula is C22H16ClF5N4O. The Morgan fingerprint density at radius 1 is 1.09 bits per heavy atom. The number of carbonyl (C=O) groups is 1. The summed E-state index contributed by atoms with van der Waals surface area (Å²) in [4.78, 5) is 16.4. The molecule has 1 heterocycles. The number of anilines is 3. The van der Waals surface area contributed by atoms with Crippen LogP contribution in [-0.2, 0) is 6.18 Å². The van der Waals surface area contributed by atoms with Gasteiger partial charge in [0.2, 0.25) is 0 Å². The van der Waals surface area contributed by atoms with Gasteiger partial charge in [-0.1, -0.05) is 11.6 Å². The monoisotopic (exact) mass is 482 g/mol. The molecule has 1 aliphatic carbocycles. The van der Waals surface area contributed by atoms with Crippen LogP contribution in [0.15, 0.2) is 42.6 Å². The van der Waals surface area contributed by atoms with Gasteiger partial charge in [-0.25, -0.2) is 13.8 Å². The van der Waals surface area contributed by atoms with Gasteiger partial charge in [0.25, 0.3) is 5.91 Å². The summed E-state index contributed by atoms with van der Waals surface area (Å²) in [6.45, 7) is 0. The number of nitrogens with two attached hydrogens (primary N) is 1. The van der Waals surface area contributed by atoms with Crippen molar-refractivity contribution < 1.29 is 26.7 Å². The van der Waals surface area contributed by atoms with Crippen molar-refractivity contribution in [3.8, 4) is 11.1 Å². The van der Waals surface area contributed by atoms with Gasteiger partial charge in [0, 0.05) is 22.9 Å². The van der Waals surface area contributed by atoms with Crippen molar-refractivity contribution in [3.05, 3.63) is 70.4 Å². The first-order valence-electron chi connectivity index (χ1n) is 9.72. The summed E-state index contributed by atoms with van der Waals surface area (Å²) in [5.41, 5.74) is 4.22. The van der Waals surface area contributed by atoms with Crippen LogP contribution < -0.4 is 16.4 Å². The van der Waals surface area contributed by atoms with E-state index in [1.54, 1.807) is 0 Å². The minimum atomic E-state index is -4.70. The third-order valence-corrected chi connectivity index (χ3v) is 5.29. The molecule has 0 unspecified atom stereocenters. The fraction of sp³-hybridized carbons (Fsp3) is 0.182. The number of nitrogen functional groups attached to an aromatic ring is 1. The number of alkyl halides is 3. The Kier molecular flexibility index (Phi) is 5.87. The second-order valence-electron chi connectivity index (χ2n) is 7.53. The fourth-order valence-corrected chi connectivity index (χ4v) is 3.44. The lowest BCUT2D eigenvalue weighted by Crippen LogP contribution is -2.17. The number of halogens is 6. The van der Waals surface area contributed by atoms with Gasteiger partial charge in [-0.05, 0) is 49.2 Å². The molecule has 1 aromatic heterocycles. The van der Waals surface area contributed by atoms with Gasteiger partial charge >= 0.3 is 6.18 Å². The predicted molar refractivity (Wildman–Crippen MR) is 115 cm³/mol. The van der Waals surface area contributed by atoms with E-state index in [0.29, 0.717) is 0 Å². The number of nitrogens with zero attached hydrogens (tertiary/aromatic N) is 1. The predicted octanol–water partition coefficient (Wildman–Crippen LogP) is 6.11. The smallest absolute Gasteiger partial charge is 0.398 e. The molecule has 0 radical (unpaired) electrons.